The number of nitrogens with two attached hydrogens (primary N) is 1. The van der Waals surface area contributed by atoms with Gasteiger partial charge < -0.3 is 5.73 Å². The van der Waals surface area contributed by atoms with Crippen LogP contribution in [0.1, 0.15) is 40.5 Å². The Kier molecular flexibility index (Phi) is 4.42. The molecule has 128 valence electrons. The van der Waals surface area contributed by atoms with Crippen molar-refractivity contribution in [2.75, 3.05) is 13.1 Å². The van der Waals surface area contributed by atoms with Crippen LogP contribution in [-0.4, -0.2) is 41.9 Å². The lowest BCUT2D eigenvalue weighted by molar-refractivity contribution is 0.0995. The Bertz CT molecular complexity index is 834. The number of hydrogen-bond donors (Lipinski definition) is 2. The summed E-state index contributed by atoms with van der Waals surface area (Å²) in [6.07, 6.45) is 1.34. The molecule has 0 spiro atoms. The first kappa shape index (κ1) is 16.7. The summed E-state index contributed by atoms with van der Waals surface area (Å²) in [5, 5.41) is 6.71. The van der Waals surface area contributed by atoms with Crippen molar-refractivity contribution in [2.24, 2.45) is 5.73 Å². The molecule has 1 aliphatic rings. The molecule has 1 saturated heterocycles. The molecule has 0 bridgehead atoms. The standard InChI is InChI=1S/C16H20N4O3S/c1-11-2-4-13(5-3-11)24(22,23)20-8-6-12(7-9-20)14-10-15(16(17)21)19-18-14/h2-5,10,12H,6-9H2,1H3,(H2,17,21)(H,18,19). The van der Waals surface area contributed by atoms with Crippen molar-refractivity contribution in [1.29, 1.82) is 0 Å². The first-order chi connectivity index (χ1) is 11.4. The van der Waals surface area contributed by atoms with E-state index in [2.05, 4.69) is 10.2 Å². The van der Waals surface area contributed by atoms with Crippen LogP contribution in [-0.2, 0) is 10.0 Å². The van der Waals surface area contributed by atoms with E-state index >= 15 is 0 Å². The van der Waals surface area contributed by atoms with E-state index in [1.165, 1.54) is 4.31 Å². The summed E-state index contributed by atoms with van der Waals surface area (Å²) in [5.74, 6) is -0.424. The summed E-state index contributed by atoms with van der Waals surface area (Å²) >= 11 is 0. The molecule has 0 aliphatic carbocycles. The molecule has 1 aromatic carbocycles. The maximum Gasteiger partial charge on any atom is 0.269 e. The maximum atomic E-state index is 12.7. The van der Waals surface area contributed by atoms with Gasteiger partial charge in [0.2, 0.25) is 10.0 Å². The van der Waals surface area contributed by atoms with Crippen molar-refractivity contribution >= 4 is 15.9 Å². The van der Waals surface area contributed by atoms with Crippen molar-refractivity contribution in [3.05, 3.63) is 47.3 Å². The van der Waals surface area contributed by atoms with Gasteiger partial charge in [0.25, 0.3) is 5.91 Å². The third kappa shape index (κ3) is 3.20. The predicted octanol–water partition coefficient (Wildman–Crippen LogP) is 1.39. The van der Waals surface area contributed by atoms with E-state index in [0.717, 1.165) is 11.3 Å². The van der Waals surface area contributed by atoms with Crippen molar-refractivity contribution < 1.29 is 13.2 Å². The Labute approximate surface area is 140 Å². The highest BCUT2D eigenvalue weighted by Gasteiger charge is 2.30. The molecule has 1 amide bonds. The molecule has 2 aromatic rings. The normalized spacial score (nSPS) is 17.0. The monoisotopic (exact) mass is 348 g/mol. The molecule has 0 atom stereocenters. The van der Waals surface area contributed by atoms with Gasteiger partial charge in [-0.15, -0.1) is 0 Å². The van der Waals surface area contributed by atoms with Crippen LogP contribution in [0.25, 0.3) is 0 Å². The van der Waals surface area contributed by atoms with E-state index in [1.54, 1.807) is 30.3 Å². The molecule has 1 aromatic heterocycles. The minimum absolute atomic E-state index is 0.148. The molecule has 0 unspecified atom stereocenters. The largest absolute Gasteiger partial charge is 0.364 e. The van der Waals surface area contributed by atoms with Gasteiger partial charge in [0.05, 0.1) is 4.90 Å². The van der Waals surface area contributed by atoms with Gasteiger partial charge in [-0.2, -0.15) is 9.40 Å². The Morgan fingerprint density at radius 3 is 2.42 bits per heavy atom. The molecule has 1 aliphatic heterocycles. The number of amides is 1. The Morgan fingerprint density at radius 1 is 1.25 bits per heavy atom. The van der Waals surface area contributed by atoms with Crippen molar-refractivity contribution in [2.45, 2.75) is 30.6 Å². The maximum absolute atomic E-state index is 12.7. The van der Waals surface area contributed by atoms with Gasteiger partial charge in [0.1, 0.15) is 5.69 Å². The zero-order valence-corrected chi connectivity index (χ0v) is 14.2. The fourth-order valence-corrected chi connectivity index (χ4v) is 4.41. The number of carbonyl (C=O) groups excluding carboxylic acids is 1. The molecule has 1 fully saturated rings. The summed E-state index contributed by atoms with van der Waals surface area (Å²) in [4.78, 5) is 11.4. The number of aromatic amines is 1. The predicted molar refractivity (Wildman–Crippen MR) is 89.0 cm³/mol. The average molecular weight is 348 g/mol. The third-order valence-electron chi connectivity index (χ3n) is 4.40. The fourth-order valence-electron chi connectivity index (χ4n) is 2.94. The third-order valence-corrected chi connectivity index (χ3v) is 6.32. The molecular weight excluding hydrogens is 328 g/mol. The number of hydrogen-bond acceptors (Lipinski definition) is 4. The lowest BCUT2D eigenvalue weighted by Crippen LogP contribution is -2.37. The molecule has 0 saturated carbocycles. The number of nitrogens with zero attached hydrogens (tertiary/aromatic N) is 2. The smallest absolute Gasteiger partial charge is 0.269 e. The molecule has 0 radical (unpaired) electrons. The van der Waals surface area contributed by atoms with E-state index in [1.807, 2.05) is 6.92 Å². The van der Waals surface area contributed by atoms with Crippen LogP contribution in [0.4, 0.5) is 0 Å². The summed E-state index contributed by atoms with van der Waals surface area (Å²) in [5.41, 5.74) is 7.26. The molecule has 3 N–H and O–H groups in total. The minimum atomic E-state index is -3.46. The highest BCUT2D eigenvalue weighted by molar-refractivity contribution is 7.89. The van der Waals surface area contributed by atoms with Gasteiger partial charge in [-0.05, 0) is 38.0 Å². The van der Waals surface area contributed by atoms with Crippen molar-refractivity contribution in [3.63, 3.8) is 0 Å². The molecule has 8 heteroatoms. The number of sulfonamides is 1. The molecule has 7 nitrogen and oxygen atoms in total. The van der Waals surface area contributed by atoms with Gasteiger partial charge in [-0.1, -0.05) is 17.7 Å². The van der Waals surface area contributed by atoms with Crippen LogP contribution in [0.3, 0.4) is 0 Å². The van der Waals surface area contributed by atoms with Gasteiger partial charge in [0.15, 0.2) is 0 Å². The molecule has 2 heterocycles. The Morgan fingerprint density at radius 2 is 1.88 bits per heavy atom. The Hall–Kier alpha value is -2.19. The number of rotatable bonds is 4. The lowest BCUT2D eigenvalue weighted by atomic mass is 9.94. The lowest BCUT2D eigenvalue weighted by Gasteiger charge is -2.30. The topological polar surface area (TPSA) is 109 Å². The van der Waals surface area contributed by atoms with Crippen LogP contribution in [0.2, 0.25) is 0 Å². The second kappa shape index (κ2) is 6.37. The second-order valence-corrected chi connectivity index (χ2v) is 8.00. The first-order valence-electron chi connectivity index (χ1n) is 7.80. The quantitative estimate of drug-likeness (QED) is 0.870. The molecule has 3 rings (SSSR count). The van der Waals surface area contributed by atoms with Crippen LogP contribution in [0, 0.1) is 6.92 Å². The molecular formula is C16H20N4O3S. The van der Waals surface area contributed by atoms with Crippen molar-refractivity contribution in [1.82, 2.24) is 14.5 Å². The summed E-state index contributed by atoms with van der Waals surface area (Å²) in [6, 6.07) is 8.54. The summed E-state index contributed by atoms with van der Waals surface area (Å²) < 4.78 is 26.9. The van der Waals surface area contributed by atoms with Crippen molar-refractivity contribution in [3.8, 4) is 0 Å². The van der Waals surface area contributed by atoms with Gasteiger partial charge in [-0.25, -0.2) is 8.42 Å². The summed E-state index contributed by atoms with van der Waals surface area (Å²) in [7, 11) is -3.46. The second-order valence-electron chi connectivity index (χ2n) is 6.06. The van der Waals surface area contributed by atoms with Crippen LogP contribution in [0.5, 0.6) is 0 Å². The number of aryl methyl sites for hydroxylation is 1. The van der Waals surface area contributed by atoms with Gasteiger partial charge >= 0.3 is 0 Å². The van der Waals surface area contributed by atoms with Gasteiger partial charge in [-0.3, -0.25) is 9.89 Å². The average Bonchev–Trinajstić information content (AvgIpc) is 3.06. The number of primary amides is 1. The SMILES string of the molecule is Cc1ccc(S(=O)(=O)N2CCC(c3cc(C(N)=O)n[nH]3)CC2)cc1. The van der Waals surface area contributed by atoms with Crippen LogP contribution >= 0.6 is 0 Å². The zero-order chi connectivity index (χ0) is 17.3. The number of carbonyl (C=O) groups is 1. The Balaban J connectivity index is 1.70. The van der Waals surface area contributed by atoms with E-state index < -0.39 is 15.9 Å². The minimum Gasteiger partial charge on any atom is -0.364 e. The number of piperidine rings is 1. The zero-order valence-electron chi connectivity index (χ0n) is 13.4. The number of H-pyrrole nitrogens is 1. The number of benzene rings is 1. The number of aromatic nitrogens is 2. The van der Waals surface area contributed by atoms with Crippen LogP contribution < -0.4 is 5.73 Å². The van der Waals surface area contributed by atoms with E-state index in [0.29, 0.717) is 30.8 Å². The van der Waals surface area contributed by atoms with E-state index in [9.17, 15) is 13.2 Å². The summed E-state index contributed by atoms with van der Waals surface area (Å²) in [6.45, 7) is 2.80. The van der Waals surface area contributed by atoms with E-state index in [4.69, 9.17) is 5.73 Å². The van der Waals surface area contributed by atoms with Gasteiger partial charge in [0, 0.05) is 24.7 Å². The molecule has 24 heavy (non-hydrogen) atoms. The van der Waals surface area contributed by atoms with Crippen LogP contribution in [0.15, 0.2) is 35.2 Å². The number of nitrogens with one attached hydrogen (secondary N) is 1. The fraction of sp³-hybridized carbons (Fsp3) is 0.375. The highest BCUT2D eigenvalue weighted by Crippen LogP contribution is 2.30. The van der Waals surface area contributed by atoms with E-state index in [-0.39, 0.29) is 11.6 Å². The first-order valence-corrected chi connectivity index (χ1v) is 9.24. The highest BCUT2D eigenvalue weighted by atomic mass is 32.2.